The molecule has 0 radical (unpaired) electrons. The fourth-order valence-corrected chi connectivity index (χ4v) is 5.16. The van der Waals surface area contributed by atoms with Crippen LogP contribution in [0.15, 0.2) is 54.6 Å². The smallest absolute Gasteiger partial charge is 0.325 e. The summed E-state index contributed by atoms with van der Waals surface area (Å²) in [6, 6.07) is 15.3. The molecule has 2 heterocycles. The number of carbonyl (C=O) groups is 3. The lowest BCUT2D eigenvalue weighted by Gasteiger charge is -2.41. The van der Waals surface area contributed by atoms with Crippen LogP contribution in [0.2, 0.25) is 0 Å². The van der Waals surface area contributed by atoms with Crippen molar-refractivity contribution in [2.24, 2.45) is 5.92 Å². The first-order valence-corrected chi connectivity index (χ1v) is 12.2. The van der Waals surface area contributed by atoms with E-state index in [1.165, 1.54) is 23.1 Å². The maximum atomic E-state index is 13.7. The van der Waals surface area contributed by atoms with Crippen molar-refractivity contribution in [3.63, 3.8) is 0 Å². The van der Waals surface area contributed by atoms with E-state index in [0.717, 1.165) is 5.56 Å². The molecule has 0 aliphatic carbocycles. The second-order valence-electron chi connectivity index (χ2n) is 9.72. The molecule has 35 heavy (non-hydrogen) atoms. The molecule has 0 bridgehead atoms. The van der Waals surface area contributed by atoms with Crippen molar-refractivity contribution in [3.05, 3.63) is 71.5 Å². The summed E-state index contributed by atoms with van der Waals surface area (Å²) in [6.07, 6.45) is 2.34. The van der Waals surface area contributed by atoms with Gasteiger partial charge in [-0.15, -0.1) is 0 Å². The van der Waals surface area contributed by atoms with Gasteiger partial charge in [0, 0.05) is 31.7 Å². The molecule has 0 unspecified atom stereocenters. The number of imide groups is 1. The Morgan fingerprint density at radius 2 is 1.80 bits per heavy atom. The Morgan fingerprint density at radius 3 is 2.46 bits per heavy atom. The molecule has 2 aliphatic rings. The lowest BCUT2D eigenvalue weighted by molar-refractivity contribution is -0.134. The fourth-order valence-electron chi connectivity index (χ4n) is 5.16. The van der Waals surface area contributed by atoms with Crippen molar-refractivity contribution in [2.75, 3.05) is 40.3 Å². The van der Waals surface area contributed by atoms with Crippen molar-refractivity contribution in [3.8, 4) is 0 Å². The van der Waals surface area contributed by atoms with Gasteiger partial charge in [-0.3, -0.25) is 14.5 Å². The van der Waals surface area contributed by atoms with Gasteiger partial charge in [0.25, 0.3) is 11.8 Å². The molecule has 0 saturated carbocycles. The summed E-state index contributed by atoms with van der Waals surface area (Å²) < 4.78 is 13.6. The van der Waals surface area contributed by atoms with Crippen LogP contribution in [0.3, 0.4) is 0 Å². The molecule has 2 aliphatic heterocycles. The van der Waals surface area contributed by atoms with E-state index in [1.807, 2.05) is 49.3 Å². The highest BCUT2D eigenvalue weighted by Crippen LogP contribution is 2.37. The van der Waals surface area contributed by atoms with E-state index in [-0.39, 0.29) is 23.8 Å². The molecule has 8 heteroatoms. The highest BCUT2D eigenvalue weighted by Gasteiger charge is 2.55. The summed E-state index contributed by atoms with van der Waals surface area (Å²) in [7, 11) is 3.82. The Bertz CT molecular complexity index is 1070. The number of hydrogen-bond acceptors (Lipinski definition) is 4. The zero-order valence-corrected chi connectivity index (χ0v) is 20.4. The van der Waals surface area contributed by atoms with Gasteiger partial charge in [0.05, 0.1) is 0 Å². The van der Waals surface area contributed by atoms with Crippen LogP contribution in [0.25, 0.3) is 0 Å². The summed E-state index contributed by atoms with van der Waals surface area (Å²) in [6.45, 7) is 1.83. The predicted molar refractivity (Wildman–Crippen MR) is 131 cm³/mol. The maximum absolute atomic E-state index is 13.7. The van der Waals surface area contributed by atoms with E-state index in [1.54, 1.807) is 11.0 Å². The highest BCUT2D eigenvalue weighted by molar-refractivity contribution is 6.07. The Morgan fingerprint density at radius 1 is 1.09 bits per heavy atom. The van der Waals surface area contributed by atoms with Gasteiger partial charge in [0.2, 0.25) is 0 Å². The van der Waals surface area contributed by atoms with Crippen LogP contribution in [0.1, 0.15) is 35.2 Å². The first kappa shape index (κ1) is 24.9. The highest BCUT2D eigenvalue weighted by atomic mass is 19.1. The third kappa shape index (κ3) is 5.37. The number of nitrogens with zero attached hydrogens (tertiary/aromatic N) is 3. The minimum absolute atomic E-state index is 0.0939. The quantitative estimate of drug-likeness (QED) is 0.589. The molecule has 2 fully saturated rings. The monoisotopic (exact) mass is 480 g/mol. The van der Waals surface area contributed by atoms with Gasteiger partial charge < -0.3 is 15.1 Å². The molecule has 1 N–H and O–H groups in total. The zero-order chi connectivity index (χ0) is 25.0. The van der Waals surface area contributed by atoms with Crippen LogP contribution in [-0.4, -0.2) is 78.4 Å². The topological polar surface area (TPSA) is 73.0 Å². The third-order valence-electron chi connectivity index (χ3n) is 7.17. The normalized spacial score (nSPS) is 21.0. The van der Waals surface area contributed by atoms with E-state index in [9.17, 15) is 18.8 Å². The predicted octanol–water partition coefficient (Wildman–Crippen LogP) is 3.16. The molecule has 2 aromatic rings. The maximum Gasteiger partial charge on any atom is 0.325 e. The van der Waals surface area contributed by atoms with Gasteiger partial charge >= 0.3 is 6.03 Å². The molecular formula is C27H33FN4O3. The molecule has 4 rings (SSSR count). The van der Waals surface area contributed by atoms with Gasteiger partial charge in [0.15, 0.2) is 0 Å². The summed E-state index contributed by atoms with van der Waals surface area (Å²) in [5.74, 6) is -0.919. The number of hydrogen-bond donors (Lipinski definition) is 1. The van der Waals surface area contributed by atoms with Gasteiger partial charge in [0.1, 0.15) is 11.4 Å². The minimum atomic E-state index is -0.993. The first-order valence-electron chi connectivity index (χ1n) is 12.2. The van der Waals surface area contributed by atoms with Crippen LogP contribution in [0.5, 0.6) is 0 Å². The van der Waals surface area contributed by atoms with Crippen molar-refractivity contribution in [1.29, 1.82) is 0 Å². The SMILES string of the molecule is CN(C)CCN1C(=O)N[C@](CCc2ccccc2)(C2CCN(C(=O)c3cccc(F)c3)CC2)C1=O. The molecule has 7 nitrogen and oxygen atoms in total. The number of carbonyl (C=O) groups excluding carboxylic acids is 3. The Kier molecular flexibility index (Phi) is 7.50. The summed E-state index contributed by atoms with van der Waals surface area (Å²) in [5, 5.41) is 3.08. The second kappa shape index (κ2) is 10.6. The van der Waals surface area contributed by atoms with Crippen molar-refractivity contribution in [2.45, 2.75) is 31.2 Å². The van der Waals surface area contributed by atoms with Gasteiger partial charge in [-0.05, 0) is 69.5 Å². The van der Waals surface area contributed by atoms with E-state index in [0.29, 0.717) is 57.4 Å². The van der Waals surface area contributed by atoms with E-state index < -0.39 is 11.4 Å². The van der Waals surface area contributed by atoms with Crippen LogP contribution in [-0.2, 0) is 11.2 Å². The number of likely N-dealkylation sites (tertiary alicyclic amines) is 1. The summed E-state index contributed by atoms with van der Waals surface area (Å²) in [4.78, 5) is 44.6. The Hall–Kier alpha value is -3.26. The van der Waals surface area contributed by atoms with Crippen molar-refractivity contribution >= 4 is 17.8 Å². The molecule has 186 valence electrons. The fraction of sp³-hybridized carbons (Fsp3) is 0.444. The minimum Gasteiger partial charge on any atom is -0.339 e. The third-order valence-corrected chi connectivity index (χ3v) is 7.17. The standard InChI is InChI=1S/C27H33FN4O3/c1-30(2)17-18-32-25(34)27(29-26(32)35,14-11-20-7-4-3-5-8-20)22-12-15-31(16-13-22)24(33)21-9-6-10-23(28)19-21/h3-10,19,22H,11-18H2,1-2H3,(H,29,35)/t27-/m1/s1. The van der Waals surface area contributed by atoms with E-state index >= 15 is 0 Å². The molecule has 4 amide bonds. The second-order valence-corrected chi connectivity index (χ2v) is 9.72. The zero-order valence-electron chi connectivity index (χ0n) is 20.4. The molecule has 0 spiro atoms. The average Bonchev–Trinajstić information content (AvgIpc) is 3.11. The van der Waals surface area contributed by atoms with Gasteiger partial charge in [-0.25, -0.2) is 9.18 Å². The number of aryl methyl sites for hydroxylation is 1. The van der Waals surface area contributed by atoms with Crippen molar-refractivity contribution < 1.29 is 18.8 Å². The Balaban J connectivity index is 1.51. The molecule has 2 aromatic carbocycles. The van der Waals surface area contributed by atoms with Gasteiger partial charge in [-0.1, -0.05) is 36.4 Å². The molecule has 2 saturated heterocycles. The largest absolute Gasteiger partial charge is 0.339 e. The van der Waals surface area contributed by atoms with Crippen LogP contribution in [0, 0.1) is 11.7 Å². The number of halogens is 1. The van der Waals surface area contributed by atoms with Crippen molar-refractivity contribution in [1.82, 2.24) is 20.0 Å². The van der Waals surface area contributed by atoms with E-state index in [2.05, 4.69) is 5.32 Å². The number of likely N-dealkylation sites (N-methyl/N-ethyl adjacent to an activating group) is 1. The number of nitrogens with one attached hydrogen (secondary N) is 1. The molecular weight excluding hydrogens is 447 g/mol. The molecule has 1 atom stereocenters. The van der Waals surface area contributed by atoms with Crippen LogP contribution in [0.4, 0.5) is 9.18 Å². The first-order chi connectivity index (χ1) is 16.8. The number of piperidine rings is 1. The summed E-state index contributed by atoms with van der Waals surface area (Å²) in [5.41, 5.74) is 0.439. The number of benzene rings is 2. The number of rotatable bonds is 8. The lowest BCUT2D eigenvalue weighted by atomic mass is 9.74. The van der Waals surface area contributed by atoms with Crippen LogP contribution >= 0.6 is 0 Å². The van der Waals surface area contributed by atoms with Gasteiger partial charge in [-0.2, -0.15) is 0 Å². The Labute approximate surface area is 205 Å². The van der Waals surface area contributed by atoms with E-state index in [4.69, 9.17) is 0 Å². The average molecular weight is 481 g/mol. The lowest BCUT2D eigenvalue weighted by Crippen LogP contribution is -2.57. The number of urea groups is 1. The molecule has 0 aromatic heterocycles. The summed E-state index contributed by atoms with van der Waals surface area (Å²) >= 11 is 0. The van der Waals surface area contributed by atoms with Crippen LogP contribution < -0.4 is 5.32 Å². The number of amides is 4.